The third-order valence-corrected chi connectivity index (χ3v) is 1.97. The average molecular weight is 239 g/mol. The quantitative estimate of drug-likeness (QED) is 0.760. The number of amides is 1. The van der Waals surface area contributed by atoms with E-state index in [9.17, 15) is 13.6 Å². The Balaban J connectivity index is 2.07. The van der Waals surface area contributed by atoms with Gasteiger partial charge < -0.3 is 5.32 Å². The van der Waals surface area contributed by atoms with E-state index in [2.05, 4.69) is 25.5 Å². The smallest absolute Gasteiger partial charge is 0.254 e. The van der Waals surface area contributed by atoms with E-state index in [4.69, 9.17) is 0 Å². The molecule has 0 radical (unpaired) electrons. The van der Waals surface area contributed by atoms with E-state index >= 15 is 0 Å². The predicted molar refractivity (Wildman–Crippen MR) is 51.7 cm³/mol. The Hall–Kier alpha value is -2.38. The number of aromatic nitrogens is 4. The monoisotopic (exact) mass is 239 g/mol. The van der Waals surface area contributed by atoms with Crippen molar-refractivity contribution in [3.8, 4) is 0 Å². The van der Waals surface area contributed by atoms with Crippen LogP contribution in [0.25, 0.3) is 0 Å². The van der Waals surface area contributed by atoms with Crippen LogP contribution in [0.2, 0.25) is 0 Å². The molecule has 8 heteroatoms. The first-order chi connectivity index (χ1) is 8.18. The molecular formula is C9H7F2N5O. The summed E-state index contributed by atoms with van der Waals surface area (Å²) in [5.74, 6) is -2.92. The average Bonchev–Trinajstić information content (AvgIpc) is 2.82. The standard InChI is InChI=1S/C9H7F2N5O/c10-7-5(1-2-12-8(7)11)9(17)13-3-6-14-4-15-16-6/h1-2,4H,3H2,(H,13,17)(H,14,15,16). The fourth-order valence-electron chi connectivity index (χ4n) is 1.17. The minimum absolute atomic E-state index is 0.0439. The molecule has 2 rings (SSSR count). The van der Waals surface area contributed by atoms with Crippen molar-refractivity contribution in [3.63, 3.8) is 0 Å². The molecule has 2 N–H and O–H groups in total. The maximum Gasteiger partial charge on any atom is 0.254 e. The summed E-state index contributed by atoms with van der Waals surface area (Å²) >= 11 is 0. The third-order valence-electron chi connectivity index (χ3n) is 1.97. The molecule has 0 aliphatic rings. The number of rotatable bonds is 3. The van der Waals surface area contributed by atoms with Gasteiger partial charge in [-0.2, -0.15) is 9.49 Å². The van der Waals surface area contributed by atoms with Crippen LogP contribution in [0.3, 0.4) is 0 Å². The summed E-state index contributed by atoms with van der Waals surface area (Å²) in [5.41, 5.74) is -0.406. The van der Waals surface area contributed by atoms with Crippen molar-refractivity contribution in [2.24, 2.45) is 0 Å². The highest BCUT2D eigenvalue weighted by atomic mass is 19.2. The Labute approximate surface area is 94.1 Å². The van der Waals surface area contributed by atoms with Gasteiger partial charge in [-0.3, -0.25) is 9.89 Å². The molecule has 0 fully saturated rings. The number of nitrogens with one attached hydrogen (secondary N) is 2. The number of nitrogens with zero attached hydrogens (tertiary/aromatic N) is 3. The van der Waals surface area contributed by atoms with Crippen molar-refractivity contribution < 1.29 is 13.6 Å². The number of halogens is 2. The lowest BCUT2D eigenvalue weighted by Crippen LogP contribution is -2.25. The number of H-pyrrole nitrogens is 1. The maximum atomic E-state index is 13.2. The highest BCUT2D eigenvalue weighted by molar-refractivity contribution is 5.94. The Bertz CT molecular complexity index is 528. The summed E-state index contributed by atoms with van der Waals surface area (Å²) in [5, 5.41) is 8.45. The maximum absolute atomic E-state index is 13.2. The van der Waals surface area contributed by atoms with Crippen LogP contribution in [0.15, 0.2) is 18.6 Å². The number of hydrogen-bond donors (Lipinski definition) is 2. The lowest BCUT2D eigenvalue weighted by atomic mass is 10.2. The van der Waals surface area contributed by atoms with E-state index in [-0.39, 0.29) is 6.54 Å². The largest absolute Gasteiger partial charge is 0.345 e. The van der Waals surface area contributed by atoms with Crippen molar-refractivity contribution >= 4 is 5.91 Å². The zero-order valence-electron chi connectivity index (χ0n) is 8.44. The summed E-state index contributed by atoms with van der Waals surface area (Å²) in [6.45, 7) is 0.0439. The molecule has 0 aliphatic heterocycles. The van der Waals surface area contributed by atoms with Gasteiger partial charge in [0.25, 0.3) is 5.91 Å². The van der Waals surface area contributed by atoms with E-state index in [1.54, 1.807) is 0 Å². The van der Waals surface area contributed by atoms with Gasteiger partial charge >= 0.3 is 0 Å². The molecule has 0 aliphatic carbocycles. The molecule has 0 saturated carbocycles. The fourth-order valence-corrected chi connectivity index (χ4v) is 1.17. The Morgan fingerprint density at radius 1 is 1.41 bits per heavy atom. The molecule has 0 bridgehead atoms. The van der Waals surface area contributed by atoms with E-state index < -0.39 is 23.2 Å². The first kappa shape index (κ1) is 11.1. The van der Waals surface area contributed by atoms with E-state index in [0.717, 1.165) is 12.3 Å². The second-order valence-electron chi connectivity index (χ2n) is 3.08. The summed E-state index contributed by atoms with van der Waals surface area (Å²) in [7, 11) is 0. The first-order valence-electron chi connectivity index (χ1n) is 4.61. The molecule has 0 spiro atoms. The molecule has 2 aromatic heterocycles. The van der Waals surface area contributed by atoms with Crippen LogP contribution in [-0.2, 0) is 6.54 Å². The molecule has 0 unspecified atom stereocenters. The zero-order chi connectivity index (χ0) is 12.3. The van der Waals surface area contributed by atoms with Gasteiger partial charge in [0.05, 0.1) is 12.1 Å². The van der Waals surface area contributed by atoms with Crippen molar-refractivity contribution in [2.45, 2.75) is 6.54 Å². The lowest BCUT2D eigenvalue weighted by molar-refractivity contribution is 0.0944. The van der Waals surface area contributed by atoms with Gasteiger partial charge in [-0.1, -0.05) is 0 Å². The molecule has 1 amide bonds. The van der Waals surface area contributed by atoms with Crippen LogP contribution in [0.1, 0.15) is 16.2 Å². The Morgan fingerprint density at radius 3 is 2.94 bits per heavy atom. The molecule has 2 heterocycles. The van der Waals surface area contributed by atoms with Crippen LogP contribution in [0.5, 0.6) is 0 Å². The SMILES string of the molecule is O=C(NCc1ncn[nH]1)c1ccnc(F)c1F. The summed E-state index contributed by atoms with van der Waals surface area (Å²) in [6, 6.07) is 1.09. The fraction of sp³-hybridized carbons (Fsp3) is 0.111. The molecule has 6 nitrogen and oxygen atoms in total. The van der Waals surface area contributed by atoms with Gasteiger partial charge in [0.1, 0.15) is 12.2 Å². The summed E-state index contributed by atoms with van der Waals surface area (Å²) in [6.07, 6.45) is 2.29. The highest BCUT2D eigenvalue weighted by Crippen LogP contribution is 2.08. The topological polar surface area (TPSA) is 83.6 Å². The molecule has 17 heavy (non-hydrogen) atoms. The molecule has 0 aromatic carbocycles. The first-order valence-corrected chi connectivity index (χ1v) is 4.61. The Kier molecular flexibility index (Phi) is 3.03. The van der Waals surface area contributed by atoms with Crippen LogP contribution in [0.4, 0.5) is 8.78 Å². The third kappa shape index (κ3) is 2.41. The van der Waals surface area contributed by atoms with Crippen LogP contribution in [0, 0.1) is 11.8 Å². The van der Waals surface area contributed by atoms with Crippen LogP contribution in [-0.4, -0.2) is 26.1 Å². The second-order valence-corrected chi connectivity index (χ2v) is 3.08. The van der Waals surface area contributed by atoms with Gasteiger partial charge in [0, 0.05) is 6.20 Å². The number of aromatic amines is 1. The molecular weight excluding hydrogens is 232 g/mol. The van der Waals surface area contributed by atoms with Gasteiger partial charge in [-0.05, 0) is 6.07 Å². The van der Waals surface area contributed by atoms with Gasteiger partial charge in [-0.25, -0.2) is 14.4 Å². The number of pyridine rings is 1. The predicted octanol–water partition coefficient (Wildman–Crippen LogP) is 0.408. The normalized spacial score (nSPS) is 10.2. The number of hydrogen-bond acceptors (Lipinski definition) is 4. The van der Waals surface area contributed by atoms with Crippen molar-refractivity contribution in [1.82, 2.24) is 25.5 Å². The zero-order valence-corrected chi connectivity index (χ0v) is 8.44. The molecule has 0 saturated heterocycles. The number of carbonyl (C=O) groups excluding carboxylic acids is 1. The van der Waals surface area contributed by atoms with Crippen LogP contribution < -0.4 is 5.32 Å². The molecule has 88 valence electrons. The van der Waals surface area contributed by atoms with E-state index in [0.29, 0.717) is 5.82 Å². The highest BCUT2D eigenvalue weighted by Gasteiger charge is 2.15. The van der Waals surface area contributed by atoms with Crippen molar-refractivity contribution in [3.05, 3.63) is 41.7 Å². The summed E-state index contributed by atoms with van der Waals surface area (Å²) in [4.78, 5) is 18.3. The van der Waals surface area contributed by atoms with Gasteiger partial charge in [-0.15, -0.1) is 0 Å². The van der Waals surface area contributed by atoms with E-state index in [1.807, 2.05) is 0 Å². The van der Waals surface area contributed by atoms with Gasteiger partial charge in [0.15, 0.2) is 5.82 Å². The number of carbonyl (C=O) groups is 1. The minimum Gasteiger partial charge on any atom is -0.345 e. The second kappa shape index (κ2) is 4.64. The lowest BCUT2D eigenvalue weighted by Gasteiger charge is -2.03. The van der Waals surface area contributed by atoms with Gasteiger partial charge in [0.2, 0.25) is 5.95 Å². The van der Waals surface area contributed by atoms with Crippen molar-refractivity contribution in [2.75, 3.05) is 0 Å². The minimum atomic E-state index is -1.31. The molecule has 2 aromatic rings. The van der Waals surface area contributed by atoms with E-state index in [1.165, 1.54) is 6.33 Å². The van der Waals surface area contributed by atoms with Crippen molar-refractivity contribution in [1.29, 1.82) is 0 Å². The Morgan fingerprint density at radius 2 is 2.24 bits per heavy atom. The summed E-state index contributed by atoms with van der Waals surface area (Å²) < 4.78 is 25.9. The van der Waals surface area contributed by atoms with Crippen LogP contribution >= 0.6 is 0 Å². The molecule has 0 atom stereocenters.